The minimum Gasteiger partial charge on any atom is -0.481 e. The molecule has 1 amide bonds. The van der Waals surface area contributed by atoms with Crippen molar-refractivity contribution in [3.8, 4) is 0 Å². The summed E-state index contributed by atoms with van der Waals surface area (Å²) in [6, 6.07) is 6.29. The molecule has 1 unspecified atom stereocenters. The highest BCUT2D eigenvalue weighted by molar-refractivity contribution is 5.78. The lowest BCUT2D eigenvalue weighted by atomic mass is 10.1. The molecule has 0 aromatic heterocycles. The third-order valence-corrected chi connectivity index (χ3v) is 3.22. The number of aliphatic carboxylic acids is 1. The van der Waals surface area contributed by atoms with Crippen molar-refractivity contribution in [2.75, 3.05) is 13.2 Å². The molecule has 0 radical (unpaired) electrons. The van der Waals surface area contributed by atoms with E-state index in [4.69, 9.17) is 9.84 Å². The van der Waals surface area contributed by atoms with Gasteiger partial charge in [0.1, 0.15) is 12.4 Å². The number of carboxylic acid groups (broad SMARTS) is 1. The number of amides is 1. The van der Waals surface area contributed by atoms with Gasteiger partial charge in [-0.05, 0) is 12.5 Å². The van der Waals surface area contributed by atoms with Gasteiger partial charge in [0.2, 0.25) is 5.91 Å². The van der Waals surface area contributed by atoms with E-state index in [9.17, 15) is 14.0 Å². The van der Waals surface area contributed by atoms with Gasteiger partial charge in [-0.2, -0.15) is 0 Å². The second kappa shape index (κ2) is 6.47. The van der Waals surface area contributed by atoms with Crippen molar-refractivity contribution in [2.45, 2.75) is 25.5 Å². The second-order valence-electron chi connectivity index (χ2n) is 4.73. The summed E-state index contributed by atoms with van der Waals surface area (Å²) < 4.78 is 18.9. The quantitative estimate of drug-likeness (QED) is 0.886. The first-order valence-electron chi connectivity index (χ1n) is 6.41. The lowest BCUT2D eigenvalue weighted by Crippen LogP contribution is -2.46. The van der Waals surface area contributed by atoms with Crippen molar-refractivity contribution in [1.82, 2.24) is 4.90 Å². The van der Waals surface area contributed by atoms with Gasteiger partial charge in [0, 0.05) is 25.1 Å². The smallest absolute Gasteiger partial charge is 0.303 e. The maximum atomic E-state index is 13.6. The number of carbonyl (C=O) groups excluding carboxylic acids is 1. The fourth-order valence-electron chi connectivity index (χ4n) is 2.12. The molecule has 1 atom stereocenters. The largest absolute Gasteiger partial charge is 0.481 e. The Kier molecular flexibility index (Phi) is 4.68. The van der Waals surface area contributed by atoms with E-state index in [1.54, 1.807) is 18.2 Å². The van der Waals surface area contributed by atoms with Gasteiger partial charge >= 0.3 is 5.97 Å². The van der Waals surface area contributed by atoms with Crippen LogP contribution in [0, 0.1) is 5.82 Å². The third-order valence-electron chi connectivity index (χ3n) is 3.22. The number of ether oxygens (including phenoxy) is 1. The summed E-state index contributed by atoms with van der Waals surface area (Å²) in [4.78, 5) is 23.8. The van der Waals surface area contributed by atoms with E-state index in [0.29, 0.717) is 18.5 Å². The van der Waals surface area contributed by atoms with Crippen molar-refractivity contribution in [2.24, 2.45) is 0 Å². The van der Waals surface area contributed by atoms with E-state index < -0.39 is 5.97 Å². The van der Waals surface area contributed by atoms with E-state index >= 15 is 0 Å². The Bertz CT molecular complexity index is 506. The van der Waals surface area contributed by atoms with E-state index in [-0.39, 0.29) is 37.4 Å². The minimum absolute atomic E-state index is 0.00754. The van der Waals surface area contributed by atoms with Crippen LogP contribution in [0.5, 0.6) is 0 Å². The van der Waals surface area contributed by atoms with Crippen LogP contribution in [-0.2, 0) is 20.9 Å². The molecule has 5 nitrogen and oxygen atoms in total. The summed E-state index contributed by atoms with van der Waals surface area (Å²) in [6.07, 6.45) is 0.0264. The van der Waals surface area contributed by atoms with Gasteiger partial charge in [0.05, 0.1) is 6.10 Å². The number of morpholine rings is 1. The van der Waals surface area contributed by atoms with Gasteiger partial charge in [0.25, 0.3) is 0 Å². The van der Waals surface area contributed by atoms with Gasteiger partial charge in [-0.25, -0.2) is 4.39 Å². The topological polar surface area (TPSA) is 66.8 Å². The summed E-state index contributed by atoms with van der Waals surface area (Å²) in [6.45, 7) is 0.387. The molecule has 0 aliphatic carbocycles. The van der Waals surface area contributed by atoms with Gasteiger partial charge < -0.3 is 14.7 Å². The van der Waals surface area contributed by atoms with Crippen LogP contribution >= 0.6 is 0 Å². The molecule has 2 rings (SSSR count). The first-order valence-corrected chi connectivity index (χ1v) is 6.41. The van der Waals surface area contributed by atoms with Crippen LogP contribution in [-0.4, -0.2) is 41.1 Å². The zero-order valence-corrected chi connectivity index (χ0v) is 10.9. The first kappa shape index (κ1) is 14.5. The monoisotopic (exact) mass is 281 g/mol. The standard InChI is InChI=1S/C14H16FNO4/c15-12-4-2-1-3-10(12)7-16-8-11(5-6-14(18)19)20-9-13(16)17/h1-4,11H,5-9H2,(H,18,19). The molecule has 1 aliphatic heterocycles. The molecule has 0 bridgehead atoms. The lowest BCUT2D eigenvalue weighted by molar-refractivity contribution is -0.151. The molecule has 1 aliphatic rings. The molecule has 0 spiro atoms. The van der Waals surface area contributed by atoms with Crippen molar-refractivity contribution >= 4 is 11.9 Å². The molecule has 20 heavy (non-hydrogen) atoms. The number of hydrogen-bond acceptors (Lipinski definition) is 3. The molecule has 6 heteroatoms. The summed E-state index contributed by atoms with van der Waals surface area (Å²) in [5.74, 6) is -1.46. The predicted molar refractivity (Wildman–Crippen MR) is 68.4 cm³/mol. The Morgan fingerprint density at radius 2 is 2.20 bits per heavy atom. The van der Waals surface area contributed by atoms with Crippen LogP contribution in [0.15, 0.2) is 24.3 Å². The highest BCUT2D eigenvalue weighted by Gasteiger charge is 2.27. The lowest BCUT2D eigenvalue weighted by Gasteiger charge is -2.32. The average Bonchev–Trinajstić information content (AvgIpc) is 2.42. The van der Waals surface area contributed by atoms with E-state index in [1.165, 1.54) is 11.0 Å². The van der Waals surface area contributed by atoms with Crippen LogP contribution in [0.1, 0.15) is 18.4 Å². The predicted octanol–water partition coefficient (Wildman–Crippen LogP) is 1.42. The molecule has 1 aromatic carbocycles. The fourth-order valence-corrected chi connectivity index (χ4v) is 2.12. The Morgan fingerprint density at radius 3 is 2.90 bits per heavy atom. The molecular weight excluding hydrogens is 265 g/mol. The van der Waals surface area contributed by atoms with Gasteiger partial charge in [-0.3, -0.25) is 9.59 Å². The van der Waals surface area contributed by atoms with Gasteiger partial charge in [0.15, 0.2) is 0 Å². The minimum atomic E-state index is -0.897. The molecule has 108 valence electrons. The molecule has 1 fully saturated rings. The number of halogens is 1. The number of benzene rings is 1. The number of carboxylic acids is 1. The Morgan fingerprint density at radius 1 is 1.45 bits per heavy atom. The van der Waals surface area contributed by atoms with Crippen LogP contribution in [0.25, 0.3) is 0 Å². The maximum Gasteiger partial charge on any atom is 0.303 e. The number of rotatable bonds is 5. The molecule has 1 N–H and O–H groups in total. The third kappa shape index (κ3) is 3.77. The molecule has 0 saturated carbocycles. The summed E-state index contributed by atoms with van der Waals surface area (Å²) in [7, 11) is 0. The van der Waals surface area contributed by atoms with Crippen molar-refractivity contribution in [1.29, 1.82) is 0 Å². The normalized spacial score (nSPS) is 19.1. The van der Waals surface area contributed by atoms with E-state index in [0.717, 1.165) is 0 Å². The van der Waals surface area contributed by atoms with E-state index in [1.807, 2.05) is 0 Å². The zero-order chi connectivity index (χ0) is 14.5. The highest BCUT2D eigenvalue weighted by Crippen LogP contribution is 2.16. The number of carbonyl (C=O) groups is 2. The summed E-state index contributed by atoms with van der Waals surface area (Å²) in [5, 5.41) is 8.65. The Balaban J connectivity index is 1.97. The average molecular weight is 281 g/mol. The Hall–Kier alpha value is -1.95. The molecule has 1 aromatic rings. The zero-order valence-electron chi connectivity index (χ0n) is 10.9. The molecule has 1 saturated heterocycles. The van der Waals surface area contributed by atoms with Crippen molar-refractivity contribution in [3.05, 3.63) is 35.6 Å². The summed E-state index contributed by atoms with van der Waals surface area (Å²) in [5.41, 5.74) is 0.444. The first-order chi connectivity index (χ1) is 9.56. The van der Waals surface area contributed by atoms with E-state index in [2.05, 4.69) is 0 Å². The van der Waals surface area contributed by atoms with Crippen LogP contribution in [0.4, 0.5) is 4.39 Å². The highest BCUT2D eigenvalue weighted by atomic mass is 19.1. The van der Waals surface area contributed by atoms with Crippen LogP contribution in [0.3, 0.4) is 0 Å². The number of nitrogens with zero attached hydrogens (tertiary/aromatic N) is 1. The van der Waals surface area contributed by atoms with Gasteiger partial charge in [-0.1, -0.05) is 18.2 Å². The van der Waals surface area contributed by atoms with Crippen LogP contribution < -0.4 is 0 Å². The fraction of sp³-hybridized carbons (Fsp3) is 0.429. The molecule has 1 heterocycles. The Labute approximate surface area is 116 Å². The molecular formula is C14H16FNO4. The maximum absolute atomic E-state index is 13.6. The second-order valence-corrected chi connectivity index (χ2v) is 4.73. The number of hydrogen-bond donors (Lipinski definition) is 1. The van der Waals surface area contributed by atoms with Crippen molar-refractivity contribution < 1.29 is 23.8 Å². The van der Waals surface area contributed by atoms with Crippen molar-refractivity contribution in [3.63, 3.8) is 0 Å². The van der Waals surface area contributed by atoms with Crippen LogP contribution in [0.2, 0.25) is 0 Å². The summed E-state index contributed by atoms with van der Waals surface area (Å²) >= 11 is 0. The van der Waals surface area contributed by atoms with Gasteiger partial charge in [-0.15, -0.1) is 0 Å². The SMILES string of the molecule is O=C(O)CCC1CN(Cc2ccccc2F)C(=O)CO1.